The Balaban J connectivity index is 2.33. The summed E-state index contributed by atoms with van der Waals surface area (Å²) in [6.07, 6.45) is 14.3. The predicted molar refractivity (Wildman–Crippen MR) is 56.6 cm³/mol. The van der Waals surface area contributed by atoms with E-state index in [2.05, 4.69) is 59.0 Å². The van der Waals surface area contributed by atoms with E-state index in [1.54, 1.807) is 0 Å². The van der Waals surface area contributed by atoms with E-state index in [1.807, 2.05) is 0 Å². The number of hydrogen-bond acceptors (Lipinski definition) is 0. The molecule has 0 aromatic rings. The highest BCUT2D eigenvalue weighted by atomic mass is 127. The number of hydrogen-bond donors (Lipinski definition) is 0. The van der Waals surface area contributed by atoms with Crippen molar-refractivity contribution in [2.45, 2.75) is 6.42 Å². The van der Waals surface area contributed by atoms with Crippen LogP contribution in [0, 0.1) is 5.92 Å². The Labute approximate surface area is 80.5 Å². The Kier molecular flexibility index (Phi) is 1.98. The Morgan fingerprint density at radius 1 is 1.27 bits per heavy atom. The van der Waals surface area contributed by atoms with Gasteiger partial charge in [-0.2, -0.15) is 0 Å². The van der Waals surface area contributed by atoms with Gasteiger partial charge in [-0.1, -0.05) is 36.5 Å². The molecule has 0 heterocycles. The summed E-state index contributed by atoms with van der Waals surface area (Å²) in [6, 6.07) is 0. The van der Waals surface area contributed by atoms with Crippen molar-refractivity contribution in [3.8, 4) is 0 Å². The first-order chi connectivity index (χ1) is 5.36. The highest BCUT2D eigenvalue weighted by Crippen LogP contribution is 2.31. The van der Waals surface area contributed by atoms with Crippen LogP contribution in [0.2, 0.25) is 0 Å². The van der Waals surface area contributed by atoms with Crippen molar-refractivity contribution in [1.82, 2.24) is 0 Å². The van der Waals surface area contributed by atoms with Crippen LogP contribution in [0.3, 0.4) is 0 Å². The van der Waals surface area contributed by atoms with Crippen LogP contribution in [0.4, 0.5) is 0 Å². The summed E-state index contributed by atoms with van der Waals surface area (Å²) in [5, 5.41) is 0. The SMILES string of the molecule is IC1=CC=C2C=CC=CC2C1. The Bertz CT molecular complexity index is 279. The minimum atomic E-state index is 0.650. The molecule has 0 aromatic heterocycles. The molecule has 2 aliphatic rings. The Morgan fingerprint density at radius 2 is 2.18 bits per heavy atom. The van der Waals surface area contributed by atoms with Crippen molar-refractivity contribution in [3.05, 3.63) is 45.6 Å². The second-order valence-electron chi connectivity index (χ2n) is 2.83. The number of fused-ring (bicyclic) bond motifs is 1. The standard InChI is InChI=1S/C10H9I/c11-10-6-5-8-3-1-2-4-9(8)7-10/h1-6,9H,7H2. The maximum atomic E-state index is 2.40. The minimum absolute atomic E-state index is 0.650. The zero-order valence-corrected chi connectivity index (χ0v) is 8.28. The van der Waals surface area contributed by atoms with Gasteiger partial charge >= 0.3 is 0 Å². The van der Waals surface area contributed by atoms with Crippen LogP contribution < -0.4 is 0 Å². The lowest BCUT2D eigenvalue weighted by molar-refractivity contribution is 0.776. The molecule has 0 radical (unpaired) electrons. The van der Waals surface area contributed by atoms with E-state index in [1.165, 1.54) is 15.6 Å². The van der Waals surface area contributed by atoms with E-state index in [0.717, 1.165) is 0 Å². The fraction of sp³-hybridized carbons (Fsp3) is 0.200. The fourth-order valence-corrected chi connectivity index (χ4v) is 2.08. The number of allylic oxidation sites excluding steroid dienone is 8. The first-order valence-electron chi connectivity index (χ1n) is 3.77. The fourth-order valence-electron chi connectivity index (χ4n) is 1.43. The molecule has 0 saturated carbocycles. The average Bonchev–Trinajstić information content (AvgIpc) is 2.04. The van der Waals surface area contributed by atoms with E-state index >= 15 is 0 Å². The van der Waals surface area contributed by atoms with E-state index in [4.69, 9.17) is 0 Å². The van der Waals surface area contributed by atoms with Gasteiger partial charge in [-0.3, -0.25) is 0 Å². The third kappa shape index (κ3) is 1.48. The van der Waals surface area contributed by atoms with Gasteiger partial charge in [0.15, 0.2) is 0 Å². The van der Waals surface area contributed by atoms with Crippen LogP contribution in [-0.4, -0.2) is 0 Å². The molecule has 56 valence electrons. The molecule has 0 bridgehead atoms. The van der Waals surface area contributed by atoms with Gasteiger partial charge in [-0.15, -0.1) is 0 Å². The van der Waals surface area contributed by atoms with Gasteiger partial charge in [-0.05, 0) is 38.2 Å². The second-order valence-corrected chi connectivity index (χ2v) is 4.22. The summed E-state index contributed by atoms with van der Waals surface area (Å²) in [4.78, 5) is 0. The molecule has 0 aromatic carbocycles. The first kappa shape index (κ1) is 7.35. The lowest BCUT2D eigenvalue weighted by Crippen LogP contribution is -2.04. The maximum absolute atomic E-state index is 2.40. The quantitative estimate of drug-likeness (QED) is 0.583. The summed E-state index contributed by atoms with van der Waals surface area (Å²) >= 11 is 2.40. The van der Waals surface area contributed by atoms with Crippen molar-refractivity contribution >= 4 is 22.6 Å². The maximum Gasteiger partial charge on any atom is 0.00659 e. The van der Waals surface area contributed by atoms with Crippen molar-refractivity contribution < 1.29 is 0 Å². The monoisotopic (exact) mass is 256 g/mol. The molecule has 1 heteroatoms. The Hall–Kier alpha value is -0.310. The largest absolute Gasteiger partial charge is 0.0767 e. The van der Waals surface area contributed by atoms with Crippen molar-refractivity contribution in [1.29, 1.82) is 0 Å². The summed E-state index contributed by atoms with van der Waals surface area (Å²) in [6.45, 7) is 0. The van der Waals surface area contributed by atoms with E-state index in [9.17, 15) is 0 Å². The van der Waals surface area contributed by atoms with Crippen molar-refractivity contribution in [2.24, 2.45) is 5.92 Å². The highest BCUT2D eigenvalue weighted by Gasteiger charge is 2.14. The summed E-state index contributed by atoms with van der Waals surface area (Å²) in [5.74, 6) is 0.650. The molecular formula is C10H9I. The predicted octanol–water partition coefficient (Wildman–Crippen LogP) is 3.38. The first-order valence-corrected chi connectivity index (χ1v) is 4.85. The lowest BCUT2D eigenvalue weighted by Gasteiger charge is -2.19. The molecule has 2 aliphatic carbocycles. The molecule has 0 fully saturated rings. The number of halogens is 1. The van der Waals surface area contributed by atoms with Crippen molar-refractivity contribution in [2.75, 3.05) is 0 Å². The average molecular weight is 256 g/mol. The summed E-state index contributed by atoms with van der Waals surface area (Å²) < 4.78 is 1.45. The molecular weight excluding hydrogens is 247 g/mol. The normalized spacial score (nSPS) is 27.5. The third-order valence-corrected chi connectivity index (χ3v) is 2.84. The minimum Gasteiger partial charge on any atom is -0.0767 e. The van der Waals surface area contributed by atoms with E-state index < -0.39 is 0 Å². The van der Waals surface area contributed by atoms with E-state index in [0.29, 0.717) is 5.92 Å². The van der Waals surface area contributed by atoms with Gasteiger partial charge in [0.1, 0.15) is 0 Å². The molecule has 0 amide bonds. The molecule has 2 rings (SSSR count). The third-order valence-electron chi connectivity index (χ3n) is 2.04. The van der Waals surface area contributed by atoms with Crippen LogP contribution in [0.5, 0.6) is 0 Å². The highest BCUT2D eigenvalue weighted by molar-refractivity contribution is 14.1. The molecule has 0 nitrogen and oxygen atoms in total. The van der Waals surface area contributed by atoms with Crippen LogP contribution in [0.25, 0.3) is 0 Å². The second kappa shape index (κ2) is 2.97. The van der Waals surface area contributed by atoms with Crippen LogP contribution in [0.15, 0.2) is 45.6 Å². The topological polar surface area (TPSA) is 0 Å². The summed E-state index contributed by atoms with van der Waals surface area (Å²) in [5.41, 5.74) is 1.45. The van der Waals surface area contributed by atoms with Gasteiger partial charge in [0.2, 0.25) is 0 Å². The Morgan fingerprint density at radius 3 is 3.09 bits per heavy atom. The van der Waals surface area contributed by atoms with Crippen molar-refractivity contribution in [3.63, 3.8) is 0 Å². The van der Waals surface area contributed by atoms with Gasteiger partial charge < -0.3 is 0 Å². The molecule has 1 atom stereocenters. The lowest BCUT2D eigenvalue weighted by atomic mass is 9.88. The van der Waals surface area contributed by atoms with Gasteiger partial charge in [0, 0.05) is 5.92 Å². The molecule has 0 spiro atoms. The smallest absolute Gasteiger partial charge is 0.00659 e. The number of rotatable bonds is 0. The molecule has 0 aliphatic heterocycles. The van der Waals surface area contributed by atoms with Gasteiger partial charge in [0.25, 0.3) is 0 Å². The zero-order valence-electron chi connectivity index (χ0n) is 6.13. The zero-order chi connectivity index (χ0) is 7.68. The van der Waals surface area contributed by atoms with Crippen LogP contribution >= 0.6 is 22.6 Å². The van der Waals surface area contributed by atoms with Gasteiger partial charge in [-0.25, -0.2) is 0 Å². The molecule has 0 N–H and O–H groups in total. The van der Waals surface area contributed by atoms with E-state index in [-0.39, 0.29) is 0 Å². The van der Waals surface area contributed by atoms with Gasteiger partial charge in [0.05, 0.1) is 0 Å². The molecule has 0 saturated heterocycles. The summed E-state index contributed by atoms with van der Waals surface area (Å²) in [7, 11) is 0. The van der Waals surface area contributed by atoms with Crippen LogP contribution in [-0.2, 0) is 0 Å². The molecule has 1 unspecified atom stereocenters. The van der Waals surface area contributed by atoms with Crippen LogP contribution in [0.1, 0.15) is 6.42 Å². The molecule has 11 heavy (non-hydrogen) atoms.